The van der Waals surface area contributed by atoms with E-state index in [1.165, 1.54) is 5.56 Å². The summed E-state index contributed by atoms with van der Waals surface area (Å²) >= 11 is 0. The fourth-order valence-corrected chi connectivity index (χ4v) is 3.89. The van der Waals surface area contributed by atoms with Crippen LogP contribution in [-0.4, -0.2) is 35.0 Å². The predicted molar refractivity (Wildman–Crippen MR) is 75.1 cm³/mol. The van der Waals surface area contributed by atoms with Crippen molar-refractivity contribution in [3.63, 3.8) is 0 Å². The topological polar surface area (TPSA) is 52.3 Å². The van der Waals surface area contributed by atoms with Gasteiger partial charge in [0, 0.05) is 41.4 Å². The molecule has 1 fully saturated rings. The fourth-order valence-electron chi connectivity index (χ4n) is 2.30. The largest absolute Gasteiger partial charge is 0.377 e. The summed E-state index contributed by atoms with van der Waals surface area (Å²) in [5, 5.41) is 0. The molecule has 0 radical (unpaired) electrons. The quantitative estimate of drug-likeness (QED) is 0.853. The molecule has 0 spiro atoms. The van der Waals surface area contributed by atoms with E-state index < -0.39 is 10.8 Å². The van der Waals surface area contributed by atoms with Gasteiger partial charge in [-0.1, -0.05) is 30.3 Å². The van der Waals surface area contributed by atoms with Gasteiger partial charge < -0.3 is 10.5 Å². The second-order valence-corrected chi connectivity index (χ2v) is 6.30. The Kier molecular flexibility index (Phi) is 5.35. The van der Waals surface area contributed by atoms with Gasteiger partial charge in [-0.25, -0.2) is 0 Å². The van der Waals surface area contributed by atoms with E-state index in [2.05, 4.69) is 12.1 Å². The number of nitrogens with two attached hydrogens (primary N) is 1. The number of ether oxygens (including phenoxy) is 1. The average Bonchev–Trinajstić information content (AvgIpc) is 2.90. The molecule has 1 aromatic rings. The van der Waals surface area contributed by atoms with E-state index in [1.54, 1.807) is 0 Å². The zero-order chi connectivity index (χ0) is 12.8. The van der Waals surface area contributed by atoms with Crippen LogP contribution in [0.1, 0.15) is 24.3 Å². The third-order valence-corrected chi connectivity index (χ3v) is 4.86. The van der Waals surface area contributed by atoms with Crippen molar-refractivity contribution in [2.75, 3.05) is 24.7 Å². The Morgan fingerprint density at radius 1 is 1.39 bits per heavy atom. The lowest BCUT2D eigenvalue weighted by Gasteiger charge is -2.16. The highest BCUT2D eigenvalue weighted by atomic mass is 32.2. The van der Waals surface area contributed by atoms with Crippen molar-refractivity contribution < 1.29 is 8.95 Å². The first-order chi connectivity index (χ1) is 8.79. The summed E-state index contributed by atoms with van der Waals surface area (Å²) in [6, 6.07) is 10.1. The zero-order valence-electron chi connectivity index (χ0n) is 10.6. The molecule has 4 heteroatoms. The molecule has 0 aromatic heterocycles. The van der Waals surface area contributed by atoms with E-state index in [4.69, 9.17) is 10.5 Å². The van der Waals surface area contributed by atoms with Gasteiger partial charge in [-0.15, -0.1) is 0 Å². The average molecular weight is 267 g/mol. The van der Waals surface area contributed by atoms with E-state index in [1.807, 2.05) is 18.2 Å². The minimum Gasteiger partial charge on any atom is -0.377 e. The minimum atomic E-state index is -0.845. The third-order valence-electron chi connectivity index (χ3n) is 3.34. The molecule has 2 N–H and O–H groups in total. The summed E-state index contributed by atoms with van der Waals surface area (Å²) < 4.78 is 17.6. The molecule has 0 aliphatic carbocycles. The van der Waals surface area contributed by atoms with Gasteiger partial charge in [0.15, 0.2) is 0 Å². The Bertz CT molecular complexity index is 377. The molecule has 1 saturated heterocycles. The Hall–Kier alpha value is -0.710. The van der Waals surface area contributed by atoms with Crippen molar-refractivity contribution >= 4 is 10.8 Å². The summed E-state index contributed by atoms with van der Waals surface area (Å²) in [6.07, 6.45) is 2.34. The lowest BCUT2D eigenvalue weighted by atomic mass is 10.0. The van der Waals surface area contributed by atoms with Crippen LogP contribution in [0.3, 0.4) is 0 Å². The molecule has 1 aliphatic heterocycles. The van der Waals surface area contributed by atoms with Gasteiger partial charge in [-0.3, -0.25) is 4.21 Å². The van der Waals surface area contributed by atoms with Crippen molar-refractivity contribution in [2.45, 2.75) is 24.9 Å². The standard InChI is InChI=1S/C14H21NO2S/c15-9-13(12-5-2-1-3-6-12)10-18(16)11-14-7-4-8-17-14/h1-3,5-6,13-14H,4,7-11,15H2. The van der Waals surface area contributed by atoms with Crippen molar-refractivity contribution in [1.82, 2.24) is 0 Å². The molecule has 0 bridgehead atoms. The van der Waals surface area contributed by atoms with Crippen LogP contribution in [0.2, 0.25) is 0 Å². The minimum absolute atomic E-state index is 0.188. The maximum Gasteiger partial charge on any atom is 0.0691 e. The van der Waals surface area contributed by atoms with E-state index in [-0.39, 0.29) is 12.0 Å². The van der Waals surface area contributed by atoms with Crippen LogP contribution in [0, 0.1) is 0 Å². The second-order valence-electron chi connectivity index (χ2n) is 4.75. The Morgan fingerprint density at radius 2 is 2.17 bits per heavy atom. The van der Waals surface area contributed by atoms with Crippen molar-refractivity contribution in [1.29, 1.82) is 0 Å². The van der Waals surface area contributed by atoms with Crippen LogP contribution in [0.4, 0.5) is 0 Å². The van der Waals surface area contributed by atoms with Crippen molar-refractivity contribution in [3.8, 4) is 0 Å². The molecular formula is C14H21NO2S. The smallest absolute Gasteiger partial charge is 0.0691 e. The Morgan fingerprint density at radius 3 is 2.78 bits per heavy atom. The molecule has 100 valence electrons. The zero-order valence-corrected chi connectivity index (χ0v) is 11.4. The van der Waals surface area contributed by atoms with Gasteiger partial charge in [-0.2, -0.15) is 0 Å². The van der Waals surface area contributed by atoms with E-state index in [0.717, 1.165) is 19.4 Å². The van der Waals surface area contributed by atoms with Crippen LogP contribution in [0.15, 0.2) is 30.3 Å². The molecule has 3 nitrogen and oxygen atoms in total. The van der Waals surface area contributed by atoms with Gasteiger partial charge in [0.2, 0.25) is 0 Å². The molecule has 0 saturated carbocycles. The molecule has 3 atom stereocenters. The highest BCUT2D eigenvalue weighted by molar-refractivity contribution is 7.85. The lowest BCUT2D eigenvalue weighted by Crippen LogP contribution is -2.24. The Labute approximate surface area is 111 Å². The third kappa shape index (κ3) is 3.90. The molecule has 3 unspecified atom stereocenters. The summed E-state index contributed by atoms with van der Waals surface area (Å²) in [6.45, 7) is 1.36. The first-order valence-electron chi connectivity index (χ1n) is 6.51. The molecule has 18 heavy (non-hydrogen) atoms. The summed E-state index contributed by atoms with van der Waals surface area (Å²) in [4.78, 5) is 0. The molecule has 2 rings (SSSR count). The highest BCUT2D eigenvalue weighted by Crippen LogP contribution is 2.18. The van der Waals surface area contributed by atoms with E-state index in [0.29, 0.717) is 18.1 Å². The number of rotatable bonds is 6. The summed E-state index contributed by atoms with van der Waals surface area (Å²) in [7, 11) is -0.845. The predicted octanol–water partition coefficient (Wildman–Crippen LogP) is 1.66. The van der Waals surface area contributed by atoms with Crippen LogP contribution < -0.4 is 5.73 Å². The summed E-state index contributed by atoms with van der Waals surface area (Å²) in [5.74, 6) is 1.48. The fraction of sp³-hybridized carbons (Fsp3) is 0.571. The van der Waals surface area contributed by atoms with Crippen LogP contribution >= 0.6 is 0 Å². The van der Waals surface area contributed by atoms with Gasteiger partial charge in [0.1, 0.15) is 0 Å². The van der Waals surface area contributed by atoms with Gasteiger partial charge >= 0.3 is 0 Å². The van der Waals surface area contributed by atoms with E-state index >= 15 is 0 Å². The lowest BCUT2D eigenvalue weighted by molar-refractivity contribution is 0.128. The number of benzene rings is 1. The van der Waals surface area contributed by atoms with Gasteiger partial charge in [0.05, 0.1) is 6.10 Å². The Balaban J connectivity index is 1.87. The maximum atomic E-state index is 12.1. The van der Waals surface area contributed by atoms with Crippen molar-refractivity contribution in [3.05, 3.63) is 35.9 Å². The second kappa shape index (κ2) is 7.02. The SMILES string of the molecule is NCC(CS(=O)CC1CCCO1)c1ccccc1. The van der Waals surface area contributed by atoms with Crippen molar-refractivity contribution in [2.24, 2.45) is 5.73 Å². The molecule has 1 aliphatic rings. The monoisotopic (exact) mass is 267 g/mol. The van der Waals surface area contributed by atoms with Gasteiger partial charge in [0.25, 0.3) is 0 Å². The molecule has 1 aromatic carbocycles. The van der Waals surface area contributed by atoms with Gasteiger partial charge in [-0.05, 0) is 18.4 Å². The first-order valence-corrected chi connectivity index (χ1v) is 8.00. The van der Waals surface area contributed by atoms with Crippen LogP contribution in [0.5, 0.6) is 0 Å². The molecule has 1 heterocycles. The number of hydrogen-bond donors (Lipinski definition) is 1. The van der Waals surface area contributed by atoms with Crippen LogP contribution in [-0.2, 0) is 15.5 Å². The summed E-state index contributed by atoms with van der Waals surface area (Å²) in [5.41, 5.74) is 6.98. The molecule has 0 amide bonds. The van der Waals surface area contributed by atoms with Crippen LogP contribution in [0.25, 0.3) is 0 Å². The maximum absolute atomic E-state index is 12.1. The highest BCUT2D eigenvalue weighted by Gasteiger charge is 2.20. The molecular weight excluding hydrogens is 246 g/mol. The first kappa shape index (κ1) is 13.7. The number of hydrogen-bond acceptors (Lipinski definition) is 3. The normalized spacial score (nSPS) is 22.8. The van der Waals surface area contributed by atoms with E-state index in [9.17, 15) is 4.21 Å².